The van der Waals surface area contributed by atoms with Crippen molar-refractivity contribution in [1.29, 1.82) is 5.53 Å². The maximum Gasteiger partial charge on any atom is 0.303 e. The van der Waals surface area contributed by atoms with Crippen molar-refractivity contribution in [2.75, 3.05) is 47.5 Å². The maximum atomic E-state index is 14.0. The smallest absolute Gasteiger partial charge is 0.303 e. The molecule has 2 aromatic carbocycles. The van der Waals surface area contributed by atoms with E-state index in [1.54, 1.807) is 24.1 Å². The van der Waals surface area contributed by atoms with E-state index in [2.05, 4.69) is 25.8 Å². The molecule has 1 saturated carbocycles. The summed E-state index contributed by atoms with van der Waals surface area (Å²) in [5, 5.41) is 8.29. The van der Waals surface area contributed by atoms with Gasteiger partial charge in [0, 0.05) is 55.3 Å². The van der Waals surface area contributed by atoms with Gasteiger partial charge in [-0.3, -0.25) is 9.59 Å². The number of hydrogen-bond donors (Lipinski definition) is 3. The lowest BCUT2D eigenvalue weighted by atomic mass is 9.81. The fraction of sp³-hybridized carbons (Fsp3) is 0.459. The molecule has 0 unspecified atom stereocenters. The van der Waals surface area contributed by atoms with Crippen molar-refractivity contribution < 1.29 is 27.5 Å². The van der Waals surface area contributed by atoms with Gasteiger partial charge in [-0.15, -0.1) is 0 Å². The Hall–Kier alpha value is -4.53. The van der Waals surface area contributed by atoms with Gasteiger partial charge in [-0.25, -0.2) is 10.3 Å². The van der Waals surface area contributed by atoms with Crippen molar-refractivity contribution in [1.82, 2.24) is 23.8 Å². The number of allylic oxidation sites excluding steroid dienone is 1. The fourth-order valence-electron chi connectivity index (χ4n) is 7.33. The molecule has 1 saturated heterocycles. The van der Waals surface area contributed by atoms with E-state index in [4.69, 9.17) is 15.0 Å². The first kappa shape index (κ1) is 36.3. The molecule has 2 fully saturated rings. The Balaban J connectivity index is 1.62. The number of rotatable bonds is 10. The zero-order valence-electron chi connectivity index (χ0n) is 29.9. The summed E-state index contributed by atoms with van der Waals surface area (Å²) < 4.78 is 41.7. The van der Waals surface area contributed by atoms with Crippen LogP contribution in [-0.2, 0) is 26.3 Å². The SMILES string of the molecule is COc1ccc2c(c1)C=C(/C(NC(C)C)=C(/N=N)C(=O)N1CCOCC1)Cn1c-2c(C2CCCCC2)c2ccc(C(=O)NS(=O)(=O)N(C)C)cc21. The molecule has 0 radical (unpaired) electrons. The second-order valence-electron chi connectivity index (χ2n) is 13.8. The van der Waals surface area contributed by atoms with Crippen molar-refractivity contribution in [2.45, 2.75) is 64.5 Å². The molecule has 2 aliphatic heterocycles. The topological polar surface area (TPSA) is 158 Å². The van der Waals surface area contributed by atoms with Gasteiger partial charge in [0.1, 0.15) is 5.75 Å². The van der Waals surface area contributed by atoms with Crippen molar-refractivity contribution >= 4 is 39.0 Å². The number of morpholine rings is 1. The van der Waals surface area contributed by atoms with Crippen LogP contribution in [-0.4, -0.2) is 87.6 Å². The summed E-state index contributed by atoms with van der Waals surface area (Å²) in [5.41, 5.74) is 14.4. The molecule has 13 nitrogen and oxygen atoms in total. The van der Waals surface area contributed by atoms with Crippen LogP contribution in [0.4, 0.5) is 0 Å². The Morgan fingerprint density at radius 3 is 2.43 bits per heavy atom. The highest BCUT2D eigenvalue weighted by Gasteiger charge is 2.32. The van der Waals surface area contributed by atoms with Crippen LogP contribution >= 0.6 is 0 Å². The molecular weight excluding hydrogens is 671 g/mol. The van der Waals surface area contributed by atoms with Gasteiger partial charge in [-0.05, 0) is 85.7 Å². The number of carbonyl (C=O) groups excluding carboxylic acids is 2. The van der Waals surface area contributed by atoms with Crippen LogP contribution in [0, 0.1) is 5.53 Å². The average molecular weight is 718 g/mol. The van der Waals surface area contributed by atoms with Gasteiger partial charge >= 0.3 is 10.2 Å². The summed E-state index contributed by atoms with van der Waals surface area (Å²) in [6, 6.07) is 11.2. The number of carbonyl (C=O) groups is 2. The third kappa shape index (κ3) is 7.30. The third-order valence-corrected chi connectivity index (χ3v) is 11.3. The van der Waals surface area contributed by atoms with Gasteiger partial charge in [0.15, 0.2) is 5.70 Å². The number of nitrogens with zero attached hydrogens (tertiary/aromatic N) is 4. The van der Waals surface area contributed by atoms with Crippen LogP contribution < -0.4 is 14.8 Å². The second kappa shape index (κ2) is 15.0. The summed E-state index contributed by atoms with van der Waals surface area (Å²) in [6.07, 6.45) is 7.49. The summed E-state index contributed by atoms with van der Waals surface area (Å²) >= 11 is 0. The average Bonchev–Trinajstić information content (AvgIpc) is 3.34. The lowest BCUT2D eigenvalue weighted by molar-refractivity contribution is -0.131. The van der Waals surface area contributed by atoms with Crippen LogP contribution in [0.5, 0.6) is 5.75 Å². The molecule has 0 spiro atoms. The number of benzene rings is 2. The predicted octanol–water partition coefficient (Wildman–Crippen LogP) is 5.40. The van der Waals surface area contributed by atoms with Crippen LogP contribution in [0.2, 0.25) is 0 Å². The molecule has 51 heavy (non-hydrogen) atoms. The molecule has 0 bridgehead atoms. The summed E-state index contributed by atoms with van der Waals surface area (Å²) in [7, 11) is 0.325. The Bertz CT molecular complexity index is 2020. The van der Waals surface area contributed by atoms with Gasteiger partial charge in [0.2, 0.25) is 0 Å². The Morgan fingerprint density at radius 2 is 1.78 bits per heavy atom. The number of aromatic nitrogens is 1. The molecule has 6 rings (SSSR count). The van der Waals surface area contributed by atoms with E-state index in [1.807, 2.05) is 38.1 Å². The zero-order chi connectivity index (χ0) is 36.4. The number of nitrogens with one attached hydrogen (secondary N) is 3. The lowest BCUT2D eigenvalue weighted by Crippen LogP contribution is -2.42. The van der Waals surface area contributed by atoms with E-state index < -0.39 is 16.1 Å². The van der Waals surface area contributed by atoms with Gasteiger partial charge < -0.3 is 24.3 Å². The fourth-order valence-corrected chi connectivity index (χ4v) is 7.87. The minimum atomic E-state index is -4.02. The molecule has 0 atom stereocenters. The minimum absolute atomic E-state index is 0.00247. The lowest BCUT2D eigenvalue weighted by Gasteiger charge is -2.28. The van der Waals surface area contributed by atoms with E-state index in [0.717, 1.165) is 63.3 Å². The van der Waals surface area contributed by atoms with Crippen molar-refractivity contribution in [3.8, 4) is 17.0 Å². The molecular formula is C37H47N7O6S. The first-order valence-electron chi connectivity index (χ1n) is 17.5. The molecule has 2 amide bonds. The second-order valence-corrected chi connectivity index (χ2v) is 15.7. The van der Waals surface area contributed by atoms with E-state index in [9.17, 15) is 18.0 Å². The van der Waals surface area contributed by atoms with Gasteiger partial charge in [-0.1, -0.05) is 25.3 Å². The first-order valence-corrected chi connectivity index (χ1v) is 18.9. The Kier molecular flexibility index (Phi) is 10.7. The molecule has 1 aromatic heterocycles. The summed E-state index contributed by atoms with van der Waals surface area (Å²) in [5.74, 6) is -0.142. The van der Waals surface area contributed by atoms with Crippen LogP contribution in [0.3, 0.4) is 0 Å². The first-order chi connectivity index (χ1) is 24.4. The molecule has 14 heteroatoms. The largest absolute Gasteiger partial charge is 0.497 e. The van der Waals surface area contributed by atoms with Crippen LogP contribution in [0.15, 0.2) is 58.5 Å². The standard InChI is InChI=1S/C37H47N7O6S/c1-23(2)39-33(34(40-38)37(46)43-15-17-50-18-16-43)27-19-26-20-28(49-5)12-14-29(26)35-32(24-9-7-6-8-10-24)30-13-11-25(21-31(30)44(35)22-27)36(45)41-51(47,48)42(3)4/h11-14,19-21,23-24,38-39H,6-10,15-18,22H2,1-5H3,(H,41,45)/b34-33-,40-38?. The Morgan fingerprint density at radius 1 is 1.06 bits per heavy atom. The number of hydrogen-bond acceptors (Lipinski definition) is 9. The monoisotopic (exact) mass is 717 g/mol. The zero-order valence-corrected chi connectivity index (χ0v) is 30.7. The quantitative estimate of drug-likeness (QED) is 0.187. The van der Waals surface area contributed by atoms with Gasteiger partial charge in [-0.2, -0.15) is 17.8 Å². The van der Waals surface area contributed by atoms with E-state index in [-0.39, 0.29) is 35.7 Å². The third-order valence-electron chi connectivity index (χ3n) is 9.86. The number of amides is 2. The highest BCUT2D eigenvalue weighted by atomic mass is 32.2. The van der Waals surface area contributed by atoms with E-state index in [1.165, 1.54) is 26.1 Å². The summed E-state index contributed by atoms with van der Waals surface area (Å²) in [4.78, 5) is 29.1. The van der Waals surface area contributed by atoms with Crippen molar-refractivity contribution in [3.05, 3.63) is 70.1 Å². The number of fused-ring (bicyclic) bond motifs is 5. The molecule has 3 N–H and O–H groups in total. The number of ether oxygens (including phenoxy) is 2. The van der Waals surface area contributed by atoms with E-state index in [0.29, 0.717) is 37.7 Å². The van der Waals surface area contributed by atoms with Gasteiger partial charge in [0.25, 0.3) is 11.8 Å². The molecule has 3 aliphatic rings. The normalized spacial score (nSPS) is 17.3. The van der Waals surface area contributed by atoms with Crippen molar-refractivity contribution in [3.63, 3.8) is 0 Å². The van der Waals surface area contributed by atoms with Crippen molar-refractivity contribution in [2.24, 2.45) is 5.11 Å². The van der Waals surface area contributed by atoms with Gasteiger partial charge in [0.05, 0.1) is 38.3 Å². The minimum Gasteiger partial charge on any atom is -0.497 e. The predicted molar refractivity (Wildman–Crippen MR) is 196 cm³/mol. The van der Waals surface area contributed by atoms with Crippen LogP contribution in [0.25, 0.3) is 28.2 Å². The highest BCUT2D eigenvalue weighted by molar-refractivity contribution is 7.87. The Labute approximate surface area is 299 Å². The molecule has 3 aromatic rings. The molecule has 3 heterocycles. The highest BCUT2D eigenvalue weighted by Crippen LogP contribution is 2.47. The molecule has 1 aliphatic carbocycles. The maximum absolute atomic E-state index is 14.0. The number of methoxy groups -OCH3 is 1. The summed E-state index contributed by atoms with van der Waals surface area (Å²) in [6.45, 7) is 5.84. The van der Waals surface area contributed by atoms with E-state index >= 15 is 0 Å². The van der Waals surface area contributed by atoms with Crippen LogP contribution in [0.1, 0.15) is 73.4 Å². The molecule has 272 valence electrons.